The van der Waals surface area contributed by atoms with Gasteiger partial charge >= 0.3 is 0 Å². The molecule has 1 fully saturated rings. The summed E-state index contributed by atoms with van der Waals surface area (Å²) in [4.78, 5) is 6.81. The molecule has 22 heavy (non-hydrogen) atoms. The van der Waals surface area contributed by atoms with Crippen molar-refractivity contribution in [2.24, 2.45) is 5.73 Å². The van der Waals surface area contributed by atoms with Crippen molar-refractivity contribution in [1.29, 1.82) is 0 Å². The van der Waals surface area contributed by atoms with Crippen molar-refractivity contribution in [2.45, 2.75) is 19.4 Å². The normalized spacial score (nSPS) is 18.3. The molecule has 1 aliphatic rings. The van der Waals surface area contributed by atoms with Gasteiger partial charge in [-0.25, -0.2) is 9.50 Å². The van der Waals surface area contributed by atoms with E-state index in [2.05, 4.69) is 47.1 Å². The zero-order chi connectivity index (χ0) is 15.1. The molecule has 2 aromatic heterocycles. The standard InChI is InChI=1S/C17H19N5/c1-12-3-2-4-13(9-12)15-10-16-17(19-6-8-22(16)20-15)21-7-5-14(18)11-21/h2-4,6,8-10,14H,5,7,11,18H2,1H3. The first-order valence-corrected chi connectivity index (χ1v) is 7.63. The number of hydrogen-bond acceptors (Lipinski definition) is 4. The highest BCUT2D eigenvalue weighted by atomic mass is 15.3. The number of aromatic nitrogens is 3. The first-order chi connectivity index (χ1) is 10.7. The van der Waals surface area contributed by atoms with Gasteiger partial charge in [-0.05, 0) is 25.5 Å². The molecule has 0 spiro atoms. The van der Waals surface area contributed by atoms with E-state index in [1.54, 1.807) is 6.20 Å². The summed E-state index contributed by atoms with van der Waals surface area (Å²) in [5.41, 5.74) is 10.4. The Hall–Kier alpha value is -2.40. The van der Waals surface area contributed by atoms with Crippen molar-refractivity contribution in [3.8, 4) is 11.3 Å². The minimum atomic E-state index is 0.237. The van der Waals surface area contributed by atoms with Crippen molar-refractivity contribution in [3.05, 3.63) is 48.3 Å². The molecular formula is C17H19N5. The molecule has 0 aliphatic carbocycles. The van der Waals surface area contributed by atoms with Crippen LogP contribution in [0.3, 0.4) is 0 Å². The Morgan fingerprint density at radius 2 is 2.18 bits per heavy atom. The van der Waals surface area contributed by atoms with Crippen LogP contribution in [0.15, 0.2) is 42.7 Å². The van der Waals surface area contributed by atoms with Gasteiger partial charge in [0.2, 0.25) is 0 Å². The number of hydrogen-bond donors (Lipinski definition) is 1. The predicted octanol–water partition coefficient (Wildman–Crippen LogP) is 2.24. The van der Waals surface area contributed by atoms with Crippen LogP contribution in [0.25, 0.3) is 16.8 Å². The largest absolute Gasteiger partial charge is 0.353 e. The van der Waals surface area contributed by atoms with Gasteiger partial charge in [0.05, 0.1) is 5.69 Å². The van der Waals surface area contributed by atoms with Gasteiger partial charge < -0.3 is 10.6 Å². The van der Waals surface area contributed by atoms with E-state index in [9.17, 15) is 0 Å². The quantitative estimate of drug-likeness (QED) is 0.787. The van der Waals surface area contributed by atoms with E-state index in [0.29, 0.717) is 0 Å². The molecule has 5 heteroatoms. The number of fused-ring (bicyclic) bond motifs is 1. The SMILES string of the molecule is Cc1cccc(-c2cc3c(N4CCC(N)C4)nccn3n2)c1. The monoisotopic (exact) mass is 293 g/mol. The number of anilines is 1. The summed E-state index contributed by atoms with van der Waals surface area (Å²) in [7, 11) is 0. The van der Waals surface area contributed by atoms with Gasteiger partial charge in [-0.15, -0.1) is 0 Å². The van der Waals surface area contributed by atoms with Crippen molar-refractivity contribution in [2.75, 3.05) is 18.0 Å². The molecule has 4 rings (SSSR count). The highest BCUT2D eigenvalue weighted by molar-refractivity contribution is 5.75. The van der Waals surface area contributed by atoms with Crippen LogP contribution in [0.4, 0.5) is 5.82 Å². The summed E-state index contributed by atoms with van der Waals surface area (Å²) in [6.07, 6.45) is 4.72. The molecule has 1 saturated heterocycles. The molecule has 0 bridgehead atoms. The van der Waals surface area contributed by atoms with Crippen molar-refractivity contribution < 1.29 is 0 Å². The fourth-order valence-electron chi connectivity index (χ4n) is 3.08. The third kappa shape index (κ3) is 2.23. The Bertz CT molecular complexity index is 823. The number of rotatable bonds is 2. The van der Waals surface area contributed by atoms with E-state index in [4.69, 9.17) is 10.8 Å². The fourth-order valence-corrected chi connectivity index (χ4v) is 3.08. The molecule has 1 unspecified atom stereocenters. The molecule has 0 amide bonds. The van der Waals surface area contributed by atoms with Crippen LogP contribution in [-0.4, -0.2) is 33.7 Å². The lowest BCUT2D eigenvalue weighted by atomic mass is 10.1. The molecule has 1 atom stereocenters. The lowest BCUT2D eigenvalue weighted by Gasteiger charge is -2.17. The minimum Gasteiger partial charge on any atom is -0.353 e. The summed E-state index contributed by atoms with van der Waals surface area (Å²) in [5, 5.41) is 4.69. The zero-order valence-corrected chi connectivity index (χ0v) is 12.6. The van der Waals surface area contributed by atoms with Gasteiger partial charge in [0.15, 0.2) is 5.82 Å². The maximum Gasteiger partial charge on any atom is 0.154 e. The van der Waals surface area contributed by atoms with Crippen LogP contribution in [0.5, 0.6) is 0 Å². The second-order valence-corrected chi connectivity index (χ2v) is 5.97. The van der Waals surface area contributed by atoms with Gasteiger partial charge in [-0.2, -0.15) is 5.10 Å². The molecule has 2 N–H and O–H groups in total. The molecule has 112 valence electrons. The Labute approximate surface area is 129 Å². The summed E-state index contributed by atoms with van der Waals surface area (Å²) in [6, 6.07) is 10.8. The van der Waals surface area contributed by atoms with Gasteiger partial charge in [-0.3, -0.25) is 0 Å². The molecule has 0 saturated carbocycles. The number of nitrogens with zero attached hydrogens (tertiary/aromatic N) is 4. The van der Waals surface area contributed by atoms with E-state index in [-0.39, 0.29) is 6.04 Å². The lowest BCUT2D eigenvalue weighted by Crippen LogP contribution is -2.27. The zero-order valence-electron chi connectivity index (χ0n) is 12.6. The smallest absolute Gasteiger partial charge is 0.154 e. The average Bonchev–Trinajstić information content (AvgIpc) is 3.13. The van der Waals surface area contributed by atoms with Crippen molar-refractivity contribution in [3.63, 3.8) is 0 Å². The first kappa shape index (κ1) is 13.3. The number of benzene rings is 1. The first-order valence-electron chi connectivity index (χ1n) is 7.63. The Kier molecular flexibility index (Phi) is 3.08. The van der Waals surface area contributed by atoms with Crippen LogP contribution in [-0.2, 0) is 0 Å². The van der Waals surface area contributed by atoms with Crippen LogP contribution in [0.2, 0.25) is 0 Å². The van der Waals surface area contributed by atoms with Gasteiger partial charge in [0.1, 0.15) is 5.52 Å². The van der Waals surface area contributed by atoms with Gasteiger partial charge in [0, 0.05) is 37.1 Å². The van der Waals surface area contributed by atoms with Crippen LogP contribution >= 0.6 is 0 Å². The van der Waals surface area contributed by atoms with Crippen molar-refractivity contribution in [1.82, 2.24) is 14.6 Å². The second kappa shape index (κ2) is 5.10. The highest BCUT2D eigenvalue weighted by Crippen LogP contribution is 2.27. The van der Waals surface area contributed by atoms with Crippen LogP contribution in [0.1, 0.15) is 12.0 Å². The molecule has 0 radical (unpaired) electrons. The predicted molar refractivity (Wildman–Crippen MR) is 88.0 cm³/mol. The molecule has 1 aliphatic heterocycles. The minimum absolute atomic E-state index is 0.237. The average molecular weight is 293 g/mol. The van der Waals surface area contributed by atoms with Crippen molar-refractivity contribution >= 4 is 11.3 Å². The fraction of sp³-hybridized carbons (Fsp3) is 0.294. The third-order valence-corrected chi connectivity index (χ3v) is 4.21. The maximum atomic E-state index is 6.03. The topological polar surface area (TPSA) is 59.5 Å². The molecule has 3 heterocycles. The summed E-state index contributed by atoms with van der Waals surface area (Å²) in [6.45, 7) is 3.91. The Balaban J connectivity index is 1.81. The van der Waals surface area contributed by atoms with E-state index in [0.717, 1.165) is 42.1 Å². The van der Waals surface area contributed by atoms with Gasteiger partial charge in [-0.1, -0.05) is 23.8 Å². The van der Waals surface area contributed by atoms with E-state index in [1.165, 1.54) is 5.56 Å². The summed E-state index contributed by atoms with van der Waals surface area (Å²) >= 11 is 0. The van der Waals surface area contributed by atoms with Crippen LogP contribution in [0, 0.1) is 6.92 Å². The lowest BCUT2D eigenvalue weighted by molar-refractivity contribution is 0.751. The summed E-state index contributed by atoms with van der Waals surface area (Å²) < 4.78 is 1.91. The Morgan fingerprint density at radius 3 is 2.95 bits per heavy atom. The van der Waals surface area contributed by atoms with E-state index >= 15 is 0 Å². The number of aryl methyl sites for hydroxylation is 1. The molecule has 5 nitrogen and oxygen atoms in total. The molecule has 3 aromatic rings. The molecule has 1 aromatic carbocycles. The van der Waals surface area contributed by atoms with E-state index < -0.39 is 0 Å². The Morgan fingerprint density at radius 1 is 1.27 bits per heavy atom. The third-order valence-electron chi connectivity index (χ3n) is 4.21. The maximum absolute atomic E-state index is 6.03. The van der Waals surface area contributed by atoms with Gasteiger partial charge in [0.25, 0.3) is 0 Å². The summed E-state index contributed by atoms with van der Waals surface area (Å²) in [5.74, 6) is 0.974. The number of nitrogens with two attached hydrogens (primary N) is 1. The van der Waals surface area contributed by atoms with Crippen LogP contribution < -0.4 is 10.6 Å². The van der Waals surface area contributed by atoms with E-state index in [1.807, 2.05) is 10.7 Å². The molecular weight excluding hydrogens is 274 g/mol. The second-order valence-electron chi connectivity index (χ2n) is 5.97. The highest BCUT2D eigenvalue weighted by Gasteiger charge is 2.22.